The van der Waals surface area contributed by atoms with E-state index in [4.69, 9.17) is 9.47 Å². The molecule has 0 aromatic heterocycles. The molecule has 1 N–H and O–H groups in total. The Labute approximate surface area is 187 Å². The van der Waals surface area contributed by atoms with Crippen LogP contribution in [0.4, 0.5) is 0 Å². The number of benzene rings is 1. The van der Waals surface area contributed by atoms with Crippen molar-refractivity contribution in [1.29, 1.82) is 0 Å². The average molecular weight is 430 g/mol. The summed E-state index contributed by atoms with van der Waals surface area (Å²) >= 11 is 0. The minimum atomic E-state index is 0.122. The van der Waals surface area contributed by atoms with Crippen molar-refractivity contribution in [2.75, 3.05) is 52.5 Å². The number of nitrogens with zero attached hydrogens (tertiary/aromatic N) is 2. The number of carbonyl (C=O) groups excluding carboxylic acids is 1. The zero-order valence-corrected chi connectivity index (χ0v) is 19.1. The van der Waals surface area contributed by atoms with Gasteiger partial charge >= 0.3 is 0 Å². The predicted molar refractivity (Wildman–Crippen MR) is 122 cm³/mol. The van der Waals surface area contributed by atoms with Crippen LogP contribution in [0.1, 0.15) is 63.5 Å². The molecule has 1 aromatic rings. The second-order valence-corrected chi connectivity index (χ2v) is 9.29. The molecule has 31 heavy (non-hydrogen) atoms. The quantitative estimate of drug-likeness (QED) is 0.687. The summed E-state index contributed by atoms with van der Waals surface area (Å²) in [5.74, 6) is 1.07. The smallest absolute Gasteiger partial charge is 0.234 e. The number of rotatable bonds is 8. The largest absolute Gasteiger partial charge is 0.494 e. The first-order valence-corrected chi connectivity index (χ1v) is 12.3. The van der Waals surface area contributed by atoms with Crippen LogP contribution in [0.5, 0.6) is 5.75 Å². The summed E-state index contributed by atoms with van der Waals surface area (Å²) in [4.78, 5) is 17.9. The summed E-state index contributed by atoms with van der Waals surface area (Å²) in [5.41, 5.74) is 1.41. The third-order valence-corrected chi connectivity index (χ3v) is 7.37. The Bertz CT molecular complexity index is 696. The van der Waals surface area contributed by atoms with Gasteiger partial charge in [-0.25, -0.2) is 0 Å². The molecule has 3 fully saturated rings. The first kappa shape index (κ1) is 22.6. The van der Waals surface area contributed by atoms with E-state index >= 15 is 0 Å². The van der Waals surface area contributed by atoms with E-state index in [9.17, 15) is 4.79 Å². The van der Waals surface area contributed by atoms with Crippen LogP contribution in [0.15, 0.2) is 24.3 Å². The van der Waals surface area contributed by atoms with Gasteiger partial charge in [0.15, 0.2) is 0 Å². The number of likely N-dealkylation sites (tertiary alicyclic amines) is 1. The predicted octanol–water partition coefficient (Wildman–Crippen LogP) is 3.37. The maximum Gasteiger partial charge on any atom is 0.234 e. The third-order valence-electron chi connectivity index (χ3n) is 7.37. The van der Waals surface area contributed by atoms with Crippen LogP contribution < -0.4 is 10.1 Å². The molecule has 0 radical (unpaired) electrons. The maximum atomic E-state index is 13.0. The van der Waals surface area contributed by atoms with Crippen molar-refractivity contribution in [2.24, 2.45) is 0 Å². The molecule has 6 nitrogen and oxygen atoms in total. The zero-order chi connectivity index (χ0) is 21.5. The number of hydrogen-bond acceptors (Lipinski definition) is 5. The summed E-state index contributed by atoms with van der Waals surface area (Å²) in [6.45, 7) is 8.53. The minimum absolute atomic E-state index is 0.122. The molecule has 1 aliphatic carbocycles. The van der Waals surface area contributed by atoms with Crippen LogP contribution in [-0.2, 0) is 9.53 Å². The molecule has 3 aliphatic rings. The number of hydrogen-bond donors (Lipinski definition) is 1. The Balaban J connectivity index is 1.33. The molecule has 1 saturated carbocycles. The first-order valence-electron chi connectivity index (χ1n) is 12.3. The molecule has 6 heteroatoms. The van der Waals surface area contributed by atoms with Gasteiger partial charge < -0.3 is 14.8 Å². The van der Waals surface area contributed by atoms with Crippen molar-refractivity contribution >= 4 is 5.91 Å². The number of nitrogens with one attached hydrogen (secondary N) is 1. The van der Waals surface area contributed by atoms with Gasteiger partial charge in [0.05, 0.1) is 26.4 Å². The zero-order valence-electron chi connectivity index (χ0n) is 19.1. The highest BCUT2D eigenvalue weighted by molar-refractivity contribution is 5.78. The molecule has 0 bridgehead atoms. The highest BCUT2D eigenvalue weighted by atomic mass is 16.5. The Morgan fingerprint density at radius 3 is 2.55 bits per heavy atom. The molecule has 1 atom stereocenters. The summed E-state index contributed by atoms with van der Waals surface area (Å²) < 4.78 is 11.2. The van der Waals surface area contributed by atoms with E-state index in [2.05, 4.69) is 27.2 Å². The van der Waals surface area contributed by atoms with Gasteiger partial charge in [-0.2, -0.15) is 0 Å². The summed E-state index contributed by atoms with van der Waals surface area (Å²) in [7, 11) is 0. The number of carbonyl (C=O) groups is 1. The topological polar surface area (TPSA) is 54.0 Å². The van der Waals surface area contributed by atoms with Gasteiger partial charge in [-0.15, -0.1) is 0 Å². The highest BCUT2D eigenvalue weighted by Gasteiger charge is 2.39. The minimum Gasteiger partial charge on any atom is -0.494 e. The fraction of sp³-hybridized carbons (Fsp3) is 0.720. The molecular weight excluding hydrogens is 390 g/mol. The van der Waals surface area contributed by atoms with Crippen LogP contribution in [-0.4, -0.2) is 73.8 Å². The van der Waals surface area contributed by atoms with Crippen molar-refractivity contribution in [2.45, 2.75) is 63.5 Å². The van der Waals surface area contributed by atoms with E-state index in [1.807, 2.05) is 19.1 Å². The normalized spacial score (nSPS) is 24.7. The van der Waals surface area contributed by atoms with Gasteiger partial charge in [0.25, 0.3) is 0 Å². The monoisotopic (exact) mass is 429 g/mol. The van der Waals surface area contributed by atoms with E-state index in [0.29, 0.717) is 19.2 Å². The van der Waals surface area contributed by atoms with Gasteiger partial charge in [0.2, 0.25) is 5.91 Å². The van der Waals surface area contributed by atoms with Crippen molar-refractivity contribution in [3.05, 3.63) is 29.8 Å². The molecule has 1 aromatic carbocycles. The molecular formula is C25H39N3O3. The van der Waals surface area contributed by atoms with E-state index in [0.717, 1.165) is 58.0 Å². The van der Waals surface area contributed by atoms with E-state index in [1.54, 1.807) is 0 Å². The fourth-order valence-corrected chi connectivity index (χ4v) is 5.70. The van der Waals surface area contributed by atoms with Gasteiger partial charge in [0.1, 0.15) is 5.75 Å². The second kappa shape index (κ2) is 10.8. The van der Waals surface area contributed by atoms with Gasteiger partial charge in [-0.1, -0.05) is 31.4 Å². The number of ether oxygens (including phenoxy) is 2. The standard InChI is InChI=1S/C25H39N3O3/c1-2-31-22-10-8-21(9-11-22)23-7-6-14-27(23)19-24(29)26-20-25(12-4-3-5-13-25)28-15-17-30-18-16-28/h8-11,23H,2-7,12-20H2,1H3,(H,26,29). The molecule has 2 aliphatic heterocycles. The molecule has 4 rings (SSSR count). The van der Waals surface area contributed by atoms with Crippen LogP contribution >= 0.6 is 0 Å². The van der Waals surface area contributed by atoms with Crippen LogP contribution in [0, 0.1) is 0 Å². The van der Waals surface area contributed by atoms with Crippen LogP contribution in [0.2, 0.25) is 0 Å². The van der Waals surface area contributed by atoms with E-state index < -0.39 is 0 Å². The number of morpholine rings is 1. The summed E-state index contributed by atoms with van der Waals surface area (Å²) in [5, 5.41) is 3.33. The average Bonchev–Trinajstić information content (AvgIpc) is 3.28. The Morgan fingerprint density at radius 2 is 1.84 bits per heavy atom. The lowest BCUT2D eigenvalue weighted by molar-refractivity contribution is -0.123. The number of amides is 1. The van der Waals surface area contributed by atoms with Crippen molar-refractivity contribution in [3.8, 4) is 5.75 Å². The lowest BCUT2D eigenvalue weighted by Crippen LogP contribution is -2.60. The van der Waals surface area contributed by atoms with Crippen molar-refractivity contribution in [3.63, 3.8) is 0 Å². The Kier molecular flexibility index (Phi) is 7.86. The molecule has 1 amide bonds. The molecule has 0 spiro atoms. The summed E-state index contributed by atoms with van der Waals surface area (Å²) in [6, 6.07) is 8.72. The van der Waals surface area contributed by atoms with E-state index in [1.165, 1.54) is 37.7 Å². The van der Waals surface area contributed by atoms with Crippen molar-refractivity contribution in [1.82, 2.24) is 15.1 Å². The highest BCUT2D eigenvalue weighted by Crippen LogP contribution is 2.34. The summed E-state index contributed by atoms with van der Waals surface area (Å²) in [6.07, 6.45) is 8.47. The van der Waals surface area contributed by atoms with Gasteiger partial charge in [-0.05, 0) is 56.8 Å². The van der Waals surface area contributed by atoms with Crippen molar-refractivity contribution < 1.29 is 14.3 Å². The molecule has 1 unspecified atom stereocenters. The molecule has 2 saturated heterocycles. The van der Waals surface area contributed by atoms with Crippen LogP contribution in [0.3, 0.4) is 0 Å². The molecule has 172 valence electrons. The SMILES string of the molecule is CCOc1ccc(C2CCCN2CC(=O)NCC2(N3CCOCC3)CCCCC2)cc1. The third kappa shape index (κ3) is 5.60. The Hall–Kier alpha value is -1.63. The lowest BCUT2D eigenvalue weighted by atomic mass is 9.79. The van der Waals surface area contributed by atoms with E-state index in [-0.39, 0.29) is 11.4 Å². The lowest BCUT2D eigenvalue weighted by Gasteiger charge is -2.48. The van der Waals surface area contributed by atoms with Gasteiger partial charge in [0, 0.05) is 31.2 Å². The first-order chi connectivity index (χ1) is 15.2. The second-order valence-electron chi connectivity index (χ2n) is 9.29. The Morgan fingerprint density at radius 1 is 1.10 bits per heavy atom. The maximum absolute atomic E-state index is 13.0. The van der Waals surface area contributed by atoms with Crippen LogP contribution in [0.25, 0.3) is 0 Å². The fourth-order valence-electron chi connectivity index (χ4n) is 5.70. The van der Waals surface area contributed by atoms with Gasteiger partial charge in [-0.3, -0.25) is 14.6 Å². The molecule has 2 heterocycles.